The monoisotopic (exact) mass is 340 g/mol. The molecule has 0 bridgehead atoms. The average Bonchev–Trinajstić information content (AvgIpc) is 2.96. The summed E-state index contributed by atoms with van der Waals surface area (Å²) in [5.74, 6) is 0.672. The van der Waals surface area contributed by atoms with E-state index in [-0.39, 0.29) is 11.3 Å². The van der Waals surface area contributed by atoms with Gasteiger partial charge < -0.3 is 4.57 Å². The summed E-state index contributed by atoms with van der Waals surface area (Å²) in [5, 5.41) is 20.0. The van der Waals surface area contributed by atoms with E-state index >= 15 is 0 Å². The fraction of sp³-hybridized carbons (Fsp3) is 0.0625. The van der Waals surface area contributed by atoms with Crippen molar-refractivity contribution in [1.29, 1.82) is 0 Å². The molecule has 24 heavy (non-hydrogen) atoms. The van der Waals surface area contributed by atoms with Gasteiger partial charge in [0.05, 0.1) is 9.82 Å². The molecule has 3 aromatic rings. The maximum atomic E-state index is 11.2. The maximum Gasteiger partial charge on any atom is 0.284 e. The molecule has 0 aliphatic rings. The van der Waals surface area contributed by atoms with Crippen molar-refractivity contribution >= 4 is 23.7 Å². The van der Waals surface area contributed by atoms with Crippen LogP contribution >= 0.6 is 11.8 Å². The van der Waals surface area contributed by atoms with E-state index in [1.165, 1.54) is 12.1 Å². The Morgan fingerprint density at radius 3 is 2.58 bits per heavy atom. The molecule has 7 nitrogen and oxygen atoms in total. The van der Waals surface area contributed by atoms with Crippen molar-refractivity contribution in [2.75, 3.05) is 0 Å². The molecule has 0 spiro atoms. The Kier molecular flexibility index (Phi) is 4.39. The Bertz CT molecular complexity index is 909. The number of carbonyl (C=O) groups excluding carboxylic acids is 1. The van der Waals surface area contributed by atoms with Crippen LogP contribution in [0.3, 0.4) is 0 Å². The first-order valence-electron chi connectivity index (χ1n) is 6.96. The highest BCUT2D eigenvalue weighted by molar-refractivity contribution is 7.99. The van der Waals surface area contributed by atoms with Crippen LogP contribution in [0.4, 0.5) is 5.69 Å². The number of aldehydes is 1. The van der Waals surface area contributed by atoms with Crippen molar-refractivity contribution < 1.29 is 9.72 Å². The lowest BCUT2D eigenvalue weighted by atomic mass is 10.2. The standard InChI is InChI=1S/C16H12N4O3S/c1-19-15(12-5-3-2-4-6-12)17-18-16(19)24-14-8-7-11(10-21)9-13(14)20(22)23/h2-10H,1H3. The van der Waals surface area contributed by atoms with Crippen LogP contribution in [0.1, 0.15) is 10.4 Å². The summed E-state index contributed by atoms with van der Waals surface area (Å²) in [7, 11) is 1.80. The first kappa shape index (κ1) is 15.9. The number of nitrogens with zero attached hydrogens (tertiary/aromatic N) is 4. The van der Waals surface area contributed by atoms with Gasteiger partial charge in [0.15, 0.2) is 11.0 Å². The normalized spacial score (nSPS) is 10.5. The van der Waals surface area contributed by atoms with Gasteiger partial charge in [0.25, 0.3) is 5.69 Å². The molecule has 3 rings (SSSR count). The van der Waals surface area contributed by atoms with E-state index in [9.17, 15) is 14.9 Å². The van der Waals surface area contributed by atoms with Crippen LogP contribution in [0.5, 0.6) is 0 Å². The zero-order valence-corrected chi connectivity index (χ0v) is 13.4. The van der Waals surface area contributed by atoms with E-state index in [1.807, 2.05) is 30.3 Å². The summed E-state index contributed by atoms with van der Waals surface area (Å²) in [6.07, 6.45) is 0.581. The van der Waals surface area contributed by atoms with Gasteiger partial charge in [-0.1, -0.05) is 36.4 Å². The van der Waals surface area contributed by atoms with Gasteiger partial charge in [-0.3, -0.25) is 14.9 Å². The molecule has 1 aromatic heterocycles. The van der Waals surface area contributed by atoms with Crippen molar-refractivity contribution in [3.63, 3.8) is 0 Å². The lowest BCUT2D eigenvalue weighted by Crippen LogP contribution is -1.96. The first-order chi connectivity index (χ1) is 11.6. The summed E-state index contributed by atoms with van der Waals surface area (Å²) < 4.78 is 1.78. The van der Waals surface area contributed by atoms with Gasteiger partial charge in [-0.05, 0) is 17.8 Å². The molecule has 0 amide bonds. The number of hydrogen-bond donors (Lipinski definition) is 0. The van der Waals surface area contributed by atoms with Crippen molar-refractivity contribution in [3.05, 3.63) is 64.2 Å². The molecule has 1 heterocycles. The quantitative estimate of drug-likeness (QED) is 0.402. The van der Waals surface area contributed by atoms with Gasteiger partial charge in [0, 0.05) is 24.2 Å². The lowest BCUT2D eigenvalue weighted by Gasteiger charge is -2.05. The molecule has 0 saturated carbocycles. The maximum absolute atomic E-state index is 11.2. The van der Waals surface area contributed by atoms with E-state index in [1.54, 1.807) is 17.7 Å². The van der Waals surface area contributed by atoms with Gasteiger partial charge in [-0.15, -0.1) is 10.2 Å². The topological polar surface area (TPSA) is 90.9 Å². The fourth-order valence-corrected chi connectivity index (χ4v) is 3.05. The molecule has 0 atom stereocenters. The zero-order chi connectivity index (χ0) is 17.1. The second-order valence-electron chi connectivity index (χ2n) is 4.94. The Balaban J connectivity index is 1.97. The Morgan fingerprint density at radius 2 is 1.92 bits per heavy atom. The zero-order valence-electron chi connectivity index (χ0n) is 12.6. The van der Waals surface area contributed by atoms with E-state index in [0.717, 1.165) is 17.3 Å². The molecule has 120 valence electrons. The summed E-state index contributed by atoms with van der Waals surface area (Å²) >= 11 is 1.14. The molecule has 0 N–H and O–H groups in total. The number of carbonyl (C=O) groups is 1. The highest BCUT2D eigenvalue weighted by Gasteiger charge is 2.19. The van der Waals surface area contributed by atoms with E-state index in [0.29, 0.717) is 22.2 Å². The predicted octanol–water partition coefficient (Wildman–Crippen LogP) is 3.35. The van der Waals surface area contributed by atoms with Gasteiger partial charge in [0.2, 0.25) is 0 Å². The molecule has 0 saturated heterocycles. The van der Waals surface area contributed by atoms with Gasteiger partial charge in [-0.25, -0.2) is 0 Å². The number of benzene rings is 2. The minimum atomic E-state index is -0.510. The Hall–Kier alpha value is -3.00. The van der Waals surface area contributed by atoms with Gasteiger partial charge >= 0.3 is 0 Å². The van der Waals surface area contributed by atoms with Crippen molar-refractivity contribution in [3.8, 4) is 11.4 Å². The minimum Gasteiger partial charge on any atom is -0.305 e. The fourth-order valence-electron chi connectivity index (χ4n) is 2.18. The molecule has 0 aliphatic heterocycles. The van der Waals surface area contributed by atoms with Gasteiger partial charge in [-0.2, -0.15) is 0 Å². The molecule has 8 heteroatoms. The van der Waals surface area contributed by atoms with Crippen LogP contribution in [-0.2, 0) is 7.05 Å². The lowest BCUT2D eigenvalue weighted by molar-refractivity contribution is -0.387. The molecule has 0 unspecified atom stereocenters. The van der Waals surface area contributed by atoms with E-state index in [4.69, 9.17) is 0 Å². The summed E-state index contributed by atoms with van der Waals surface area (Å²) in [6.45, 7) is 0. The van der Waals surface area contributed by atoms with Crippen LogP contribution in [-0.4, -0.2) is 26.0 Å². The highest BCUT2D eigenvalue weighted by atomic mass is 32.2. The van der Waals surface area contributed by atoms with Crippen LogP contribution in [0.15, 0.2) is 58.6 Å². The largest absolute Gasteiger partial charge is 0.305 e. The third kappa shape index (κ3) is 3.04. The second-order valence-corrected chi connectivity index (χ2v) is 5.94. The van der Waals surface area contributed by atoms with Crippen molar-refractivity contribution in [1.82, 2.24) is 14.8 Å². The number of nitro benzene ring substituents is 1. The van der Waals surface area contributed by atoms with Crippen LogP contribution in [0.2, 0.25) is 0 Å². The Labute approximate surface area is 141 Å². The minimum absolute atomic E-state index is 0.131. The summed E-state index contributed by atoms with van der Waals surface area (Å²) in [5.41, 5.74) is 1.04. The highest BCUT2D eigenvalue weighted by Crippen LogP contribution is 2.35. The molecular weight excluding hydrogens is 328 g/mol. The molecule has 0 fully saturated rings. The van der Waals surface area contributed by atoms with E-state index < -0.39 is 4.92 Å². The number of hydrogen-bond acceptors (Lipinski definition) is 6. The number of aromatic nitrogens is 3. The average molecular weight is 340 g/mol. The second kappa shape index (κ2) is 6.63. The van der Waals surface area contributed by atoms with Crippen molar-refractivity contribution in [2.45, 2.75) is 10.1 Å². The Morgan fingerprint density at radius 1 is 1.17 bits per heavy atom. The van der Waals surface area contributed by atoms with Crippen LogP contribution in [0, 0.1) is 10.1 Å². The van der Waals surface area contributed by atoms with Crippen LogP contribution < -0.4 is 0 Å². The van der Waals surface area contributed by atoms with Crippen LogP contribution in [0.25, 0.3) is 11.4 Å². The van der Waals surface area contributed by atoms with Gasteiger partial charge in [0.1, 0.15) is 6.29 Å². The molecular formula is C16H12N4O3S. The molecule has 0 aliphatic carbocycles. The molecule has 0 radical (unpaired) electrons. The number of rotatable bonds is 5. The number of nitro groups is 1. The van der Waals surface area contributed by atoms with E-state index in [2.05, 4.69) is 10.2 Å². The SMILES string of the molecule is Cn1c(Sc2ccc(C=O)cc2[N+](=O)[O-])nnc1-c1ccccc1. The third-order valence-electron chi connectivity index (χ3n) is 3.38. The van der Waals surface area contributed by atoms with Crippen molar-refractivity contribution in [2.24, 2.45) is 7.05 Å². The first-order valence-corrected chi connectivity index (χ1v) is 7.78. The summed E-state index contributed by atoms with van der Waals surface area (Å²) in [4.78, 5) is 21.9. The summed E-state index contributed by atoms with van der Waals surface area (Å²) in [6, 6.07) is 13.9. The molecule has 2 aromatic carbocycles. The predicted molar refractivity (Wildman–Crippen MR) is 89.0 cm³/mol. The smallest absolute Gasteiger partial charge is 0.284 e. The third-order valence-corrected chi connectivity index (χ3v) is 4.49.